The second-order valence-electron chi connectivity index (χ2n) is 6.58. The first-order valence-electron chi connectivity index (χ1n) is 9.05. The van der Waals surface area contributed by atoms with E-state index in [4.69, 9.17) is 9.47 Å². The lowest BCUT2D eigenvalue weighted by atomic mass is 10.0. The summed E-state index contributed by atoms with van der Waals surface area (Å²) in [5, 5.41) is 0. The molecule has 0 radical (unpaired) electrons. The summed E-state index contributed by atoms with van der Waals surface area (Å²) in [5.74, 6) is 1.91. The summed E-state index contributed by atoms with van der Waals surface area (Å²) in [4.78, 5) is 15.1. The Labute approximate surface area is 148 Å². The Morgan fingerprint density at radius 3 is 2.88 bits per heavy atom. The van der Waals surface area contributed by atoms with Gasteiger partial charge in [0.25, 0.3) is 5.91 Å². The predicted molar refractivity (Wildman–Crippen MR) is 96.3 cm³/mol. The van der Waals surface area contributed by atoms with Gasteiger partial charge in [-0.2, -0.15) is 0 Å². The van der Waals surface area contributed by atoms with E-state index in [1.54, 1.807) is 0 Å². The topological polar surface area (TPSA) is 38.8 Å². The highest BCUT2D eigenvalue weighted by Gasteiger charge is 2.31. The Balaban J connectivity index is 1.55. The van der Waals surface area contributed by atoms with Crippen LogP contribution in [0.1, 0.15) is 47.3 Å². The molecule has 0 N–H and O–H groups in total. The lowest BCUT2D eigenvalue weighted by Crippen LogP contribution is -2.30. The molecule has 2 aliphatic rings. The van der Waals surface area contributed by atoms with E-state index in [1.807, 2.05) is 42.2 Å². The zero-order valence-electron chi connectivity index (χ0n) is 14.5. The number of hydrogen-bond donors (Lipinski definition) is 0. The number of fused-ring (bicyclic) bond motifs is 1. The molecule has 0 spiro atoms. The van der Waals surface area contributed by atoms with E-state index < -0.39 is 0 Å². The average Bonchev–Trinajstić information content (AvgIpc) is 3.30. The van der Waals surface area contributed by atoms with Crippen molar-refractivity contribution in [1.29, 1.82) is 0 Å². The van der Waals surface area contributed by atoms with E-state index in [-0.39, 0.29) is 11.9 Å². The van der Waals surface area contributed by atoms with E-state index >= 15 is 0 Å². The summed E-state index contributed by atoms with van der Waals surface area (Å²) in [6.07, 6.45) is 2.93. The number of carbonyl (C=O) groups excluding carboxylic acids is 1. The maximum Gasteiger partial charge on any atom is 0.254 e. The minimum absolute atomic E-state index is 0.117. The number of rotatable bonds is 4. The number of ether oxygens (including phenoxy) is 2. The normalized spacial score (nSPS) is 18.8. The fourth-order valence-corrected chi connectivity index (χ4v) is 3.79. The van der Waals surface area contributed by atoms with Crippen molar-refractivity contribution in [2.75, 3.05) is 19.8 Å². The van der Waals surface area contributed by atoms with Crippen molar-refractivity contribution >= 4 is 5.91 Å². The molecule has 0 unspecified atom stereocenters. The Morgan fingerprint density at radius 2 is 2.08 bits per heavy atom. The zero-order chi connectivity index (χ0) is 17.2. The summed E-state index contributed by atoms with van der Waals surface area (Å²) >= 11 is 0. The largest absolute Gasteiger partial charge is 0.494 e. The van der Waals surface area contributed by atoms with E-state index in [0.29, 0.717) is 13.2 Å². The lowest BCUT2D eigenvalue weighted by molar-refractivity contribution is 0.0735. The SMILES string of the molecule is CCOc1ccc([C@@H]2CCCN2C(=O)c2ccc3c(c2)CCO3)cc1. The van der Waals surface area contributed by atoms with Crippen molar-refractivity contribution in [2.24, 2.45) is 0 Å². The molecule has 0 saturated carbocycles. The van der Waals surface area contributed by atoms with E-state index in [2.05, 4.69) is 12.1 Å². The first kappa shape index (κ1) is 16.0. The average molecular weight is 337 g/mol. The van der Waals surface area contributed by atoms with Crippen LogP contribution in [0.4, 0.5) is 0 Å². The molecule has 1 amide bonds. The van der Waals surface area contributed by atoms with Crippen LogP contribution in [0.2, 0.25) is 0 Å². The Bertz CT molecular complexity index is 769. The van der Waals surface area contributed by atoms with Crippen molar-refractivity contribution in [2.45, 2.75) is 32.2 Å². The van der Waals surface area contributed by atoms with Crippen LogP contribution in [0.15, 0.2) is 42.5 Å². The van der Waals surface area contributed by atoms with Gasteiger partial charge in [-0.3, -0.25) is 4.79 Å². The van der Waals surface area contributed by atoms with Crippen molar-refractivity contribution in [3.8, 4) is 11.5 Å². The first-order valence-corrected chi connectivity index (χ1v) is 9.05. The number of carbonyl (C=O) groups is 1. The highest BCUT2D eigenvalue weighted by Crippen LogP contribution is 2.35. The number of likely N-dealkylation sites (tertiary alicyclic amines) is 1. The standard InChI is InChI=1S/C21H23NO3/c1-2-24-18-8-5-15(6-9-18)19-4-3-12-22(19)21(23)17-7-10-20-16(14-17)11-13-25-20/h5-10,14,19H,2-4,11-13H2,1H3/t19-/m0/s1. The van der Waals surface area contributed by atoms with Gasteiger partial charge >= 0.3 is 0 Å². The molecule has 0 bridgehead atoms. The molecular formula is C21H23NO3. The zero-order valence-corrected chi connectivity index (χ0v) is 14.5. The predicted octanol–water partition coefficient (Wildman–Crippen LogP) is 4.00. The molecule has 1 fully saturated rings. The van der Waals surface area contributed by atoms with Gasteiger partial charge in [-0.25, -0.2) is 0 Å². The van der Waals surface area contributed by atoms with Crippen LogP contribution in [0, 0.1) is 0 Å². The summed E-state index contributed by atoms with van der Waals surface area (Å²) in [7, 11) is 0. The molecule has 2 aliphatic heterocycles. The highest BCUT2D eigenvalue weighted by atomic mass is 16.5. The Hall–Kier alpha value is -2.49. The molecule has 4 rings (SSSR count). The van der Waals surface area contributed by atoms with Crippen LogP contribution in [0.25, 0.3) is 0 Å². The number of benzene rings is 2. The highest BCUT2D eigenvalue weighted by molar-refractivity contribution is 5.95. The third-order valence-corrected chi connectivity index (χ3v) is 5.03. The second-order valence-corrected chi connectivity index (χ2v) is 6.58. The fourth-order valence-electron chi connectivity index (χ4n) is 3.79. The van der Waals surface area contributed by atoms with Gasteiger partial charge in [0.15, 0.2) is 0 Å². The van der Waals surface area contributed by atoms with Crippen molar-refractivity contribution in [3.63, 3.8) is 0 Å². The molecule has 2 aromatic carbocycles. The minimum atomic E-state index is 0.117. The van der Waals surface area contributed by atoms with Crippen LogP contribution in [-0.2, 0) is 6.42 Å². The summed E-state index contributed by atoms with van der Waals surface area (Å²) < 4.78 is 11.1. The molecule has 0 aliphatic carbocycles. The van der Waals surface area contributed by atoms with Gasteiger partial charge in [-0.1, -0.05) is 12.1 Å². The summed E-state index contributed by atoms with van der Waals surface area (Å²) in [6, 6.07) is 14.1. The van der Waals surface area contributed by atoms with Crippen LogP contribution in [0.3, 0.4) is 0 Å². The minimum Gasteiger partial charge on any atom is -0.494 e. The molecular weight excluding hydrogens is 314 g/mol. The Kier molecular flexibility index (Phi) is 4.35. The van der Waals surface area contributed by atoms with Gasteiger partial charge in [0, 0.05) is 18.5 Å². The maximum atomic E-state index is 13.1. The van der Waals surface area contributed by atoms with Crippen LogP contribution in [0.5, 0.6) is 11.5 Å². The van der Waals surface area contributed by atoms with Gasteiger partial charge < -0.3 is 14.4 Å². The van der Waals surface area contributed by atoms with Crippen LogP contribution in [-0.4, -0.2) is 30.6 Å². The molecule has 130 valence electrons. The molecule has 1 saturated heterocycles. The number of amides is 1. The quantitative estimate of drug-likeness (QED) is 0.846. The summed E-state index contributed by atoms with van der Waals surface area (Å²) in [5.41, 5.74) is 3.09. The van der Waals surface area contributed by atoms with E-state index in [0.717, 1.165) is 48.4 Å². The van der Waals surface area contributed by atoms with Gasteiger partial charge in [-0.05, 0) is 61.2 Å². The van der Waals surface area contributed by atoms with Gasteiger partial charge in [0.05, 0.1) is 19.3 Å². The van der Waals surface area contributed by atoms with Crippen LogP contribution < -0.4 is 9.47 Å². The van der Waals surface area contributed by atoms with Crippen molar-refractivity contribution in [1.82, 2.24) is 4.90 Å². The van der Waals surface area contributed by atoms with Crippen molar-refractivity contribution < 1.29 is 14.3 Å². The maximum absolute atomic E-state index is 13.1. The van der Waals surface area contributed by atoms with Crippen LogP contribution >= 0.6 is 0 Å². The smallest absolute Gasteiger partial charge is 0.254 e. The molecule has 2 heterocycles. The first-order chi connectivity index (χ1) is 12.3. The molecule has 2 aromatic rings. The van der Waals surface area contributed by atoms with E-state index in [9.17, 15) is 4.79 Å². The Morgan fingerprint density at radius 1 is 1.24 bits per heavy atom. The van der Waals surface area contributed by atoms with Gasteiger partial charge in [0.2, 0.25) is 0 Å². The monoisotopic (exact) mass is 337 g/mol. The number of nitrogens with zero attached hydrogens (tertiary/aromatic N) is 1. The van der Waals surface area contributed by atoms with Gasteiger partial charge in [0.1, 0.15) is 11.5 Å². The number of hydrogen-bond acceptors (Lipinski definition) is 3. The second kappa shape index (κ2) is 6.79. The lowest BCUT2D eigenvalue weighted by Gasteiger charge is -2.25. The molecule has 1 atom stereocenters. The molecule has 25 heavy (non-hydrogen) atoms. The third kappa shape index (κ3) is 3.09. The molecule has 0 aromatic heterocycles. The molecule has 4 heteroatoms. The fraction of sp³-hybridized carbons (Fsp3) is 0.381. The van der Waals surface area contributed by atoms with Gasteiger partial charge in [-0.15, -0.1) is 0 Å². The van der Waals surface area contributed by atoms with E-state index in [1.165, 1.54) is 5.56 Å². The van der Waals surface area contributed by atoms with Crippen molar-refractivity contribution in [3.05, 3.63) is 59.2 Å². The summed E-state index contributed by atoms with van der Waals surface area (Å²) in [6.45, 7) is 4.16. The molecule has 4 nitrogen and oxygen atoms in total. The third-order valence-electron chi connectivity index (χ3n) is 5.03.